The Labute approximate surface area is 179 Å². The molecule has 31 heavy (non-hydrogen) atoms. The first-order chi connectivity index (χ1) is 14.7. The summed E-state index contributed by atoms with van der Waals surface area (Å²) in [6.07, 6.45) is -0.510. The summed E-state index contributed by atoms with van der Waals surface area (Å²) in [5, 5.41) is 0. The molecule has 0 fully saturated rings. The molecule has 0 aromatic heterocycles. The lowest BCUT2D eigenvalue weighted by Gasteiger charge is -2.08. The Morgan fingerprint density at radius 2 is 1.10 bits per heavy atom. The topological polar surface area (TPSA) is 105 Å². The Balaban J connectivity index is 1.67. The molecule has 0 spiro atoms. The SMILES string of the molecule is C=C(CC(=O)OCC(=O)Oc1ccc(C)cc1)C(=O)OCC(=O)Oc1ccc(C)cc1. The molecule has 0 aliphatic rings. The molecule has 0 bridgehead atoms. The van der Waals surface area contributed by atoms with Gasteiger partial charge >= 0.3 is 23.9 Å². The van der Waals surface area contributed by atoms with E-state index in [1.54, 1.807) is 48.5 Å². The minimum Gasteiger partial charge on any atom is -0.453 e. The molecule has 8 nitrogen and oxygen atoms in total. The Kier molecular flexibility index (Phi) is 8.51. The van der Waals surface area contributed by atoms with Gasteiger partial charge in [0.1, 0.15) is 11.5 Å². The zero-order chi connectivity index (χ0) is 22.8. The first-order valence-corrected chi connectivity index (χ1v) is 9.28. The van der Waals surface area contributed by atoms with Gasteiger partial charge in [-0.15, -0.1) is 0 Å². The van der Waals surface area contributed by atoms with Crippen LogP contribution >= 0.6 is 0 Å². The smallest absolute Gasteiger partial charge is 0.349 e. The molecule has 2 aromatic carbocycles. The van der Waals surface area contributed by atoms with Gasteiger partial charge in [-0.3, -0.25) is 4.79 Å². The predicted octanol–water partition coefficient (Wildman–Crippen LogP) is 2.85. The maximum atomic E-state index is 11.9. The molecule has 0 amide bonds. The van der Waals surface area contributed by atoms with Crippen LogP contribution in [0.25, 0.3) is 0 Å². The fourth-order valence-corrected chi connectivity index (χ4v) is 2.20. The first kappa shape index (κ1) is 23.3. The largest absolute Gasteiger partial charge is 0.453 e. The van der Waals surface area contributed by atoms with Gasteiger partial charge < -0.3 is 18.9 Å². The van der Waals surface area contributed by atoms with Crippen molar-refractivity contribution < 1.29 is 38.1 Å². The summed E-state index contributed by atoms with van der Waals surface area (Å²) in [5.41, 5.74) is 1.76. The van der Waals surface area contributed by atoms with Crippen molar-refractivity contribution in [2.75, 3.05) is 13.2 Å². The number of hydrogen-bond acceptors (Lipinski definition) is 8. The summed E-state index contributed by atoms with van der Waals surface area (Å²) in [6, 6.07) is 13.5. The third kappa shape index (κ3) is 8.53. The maximum Gasteiger partial charge on any atom is 0.349 e. The van der Waals surface area contributed by atoms with Crippen LogP contribution in [0.5, 0.6) is 11.5 Å². The normalized spacial score (nSPS) is 10.0. The number of carbonyl (C=O) groups is 4. The quantitative estimate of drug-likeness (QED) is 0.342. The monoisotopic (exact) mass is 426 g/mol. The van der Waals surface area contributed by atoms with Crippen LogP contribution in [0, 0.1) is 13.8 Å². The van der Waals surface area contributed by atoms with Crippen molar-refractivity contribution in [1.82, 2.24) is 0 Å². The van der Waals surface area contributed by atoms with Crippen LogP contribution in [0.2, 0.25) is 0 Å². The van der Waals surface area contributed by atoms with Crippen molar-refractivity contribution in [3.8, 4) is 11.5 Å². The number of hydrogen-bond donors (Lipinski definition) is 0. The second-order valence-electron chi connectivity index (χ2n) is 6.59. The predicted molar refractivity (Wildman–Crippen MR) is 109 cm³/mol. The van der Waals surface area contributed by atoms with Crippen LogP contribution in [0.4, 0.5) is 0 Å². The Morgan fingerprint density at radius 3 is 1.55 bits per heavy atom. The molecule has 8 heteroatoms. The summed E-state index contributed by atoms with van der Waals surface area (Å²) >= 11 is 0. The summed E-state index contributed by atoms with van der Waals surface area (Å²) in [6.45, 7) is 5.92. The molecule has 0 aliphatic carbocycles. The standard InChI is InChI=1S/C23H22O8/c1-15-4-8-18(9-5-15)30-21(25)13-28-20(24)12-17(3)23(27)29-14-22(26)31-19-10-6-16(2)7-11-19/h4-11H,3,12-14H2,1-2H3. The molecule has 0 saturated carbocycles. The van der Waals surface area contributed by atoms with Crippen LogP contribution in [0.3, 0.4) is 0 Å². The lowest BCUT2D eigenvalue weighted by Crippen LogP contribution is -2.22. The van der Waals surface area contributed by atoms with Gasteiger partial charge in [0.2, 0.25) is 0 Å². The molecule has 0 heterocycles. The number of benzene rings is 2. The summed E-state index contributed by atoms with van der Waals surface area (Å²) in [5.74, 6) is -2.76. The molecule has 0 unspecified atom stereocenters. The molecule has 0 saturated heterocycles. The third-order valence-corrected chi connectivity index (χ3v) is 3.82. The average molecular weight is 426 g/mol. The molecule has 0 N–H and O–H groups in total. The van der Waals surface area contributed by atoms with Crippen LogP contribution in [0.1, 0.15) is 17.5 Å². The van der Waals surface area contributed by atoms with Gasteiger partial charge in [0, 0.05) is 5.57 Å². The lowest BCUT2D eigenvalue weighted by molar-refractivity contribution is -0.154. The number of esters is 4. The highest BCUT2D eigenvalue weighted by atomic mass is 16.6. The molecule has 0 aliphatic heterocycles. The molecular weight excluding hydrogens is 404 g/mol. The number of aryl methyl sites for hydroxylation is 2. The van der Waals surface area contributed by atoms with E-state index < -0.39 is 43.5 Å². The van der Waals surface area contributed by atoms with Gasteiger partial charge in [-0.1, -0.05) is 42.0 Å². The van der Waals surface area contributed by atoms with Gasteiger partial charge in [0.15, 0.2) is 13.2 Å². The Bertz CT molecular complexity index is 958. The van der Waals surface area contributed by atoms with Crippen molar-refractivity contribution >= 4 is 23.9 Å². The van der Waals surface area contributed by atoms with Crippen LogP contribution in [-0.4, -0.2) is 37.1 Å². The van der Waals surface area contributed by atoms with Crippen molar-refractivity contribution in [2.24, 2.45) is 0 Å². The van der Waals surface area contributed by atoms with E-state index in [9.17, 15) is 19.2 Å². The van der Waals surface area contributed by atoms with E-state index in [-0.39, 0.29) is 5.57 Å². The van der Waals surface area contributed by atoms with Crippen molar-refractivity contribution in [3.05, 3.63) is 71.8 Å². The highest BCUT2D eigenvalue weighted by Gasteiger charge is 2.18. The minimum absolute atomic E-state index is 0.236. The van der Waals surface area contributed by atoms with E-state index in [0.29, 0.717) is 11.5 Å². The van der Waals surface area contributed by atoms with Gasteiger partial charge in [-0.25, -0.2) is 14.4 Å². The third-order valence-electron chi connectivity index (χ3n) is 3.82. The number of carbonyl (C=O) groups excluding carboxylic acids is 4. The van der Waals surface area contributed by atoms with E-state index >= 15 is 0 Å². The summed E-state index contributed by atoms with van der Waals surface area (Å²) in [4.78, 5) is 47.1. The summed E-state index contributed by atoms with van der Waals surface area (Å²) in [7, 11) is 0. The van der Waals surface area contributed by atoms with Gasteiger partial charge in [0.05, 0.1) is 6.42 Å². The molecular formula is C23H22O8. The average Bonchev–Trinajstić information content (AvgIpc) is 2.74. The zero-order valence-corrected chi connectivity index (χ0v) is 17.2. The van der Waals surface area contributed by atoms with E-state index in [4.69, 9.17) is 18.9 Å². The highest BCUT2D eigenvalue weighted by Crippen LogP contribution is 2.13. The number of rotatable bonds is 9. The minimum atomic E-state index is -0.958. The van der Waals surface area contributed by atoms with Crippen molar-refractivity contribution in [3.63, 3.8) is 0 Å². The van der Waals surface area contributed by atoms with Crippen molar-refractivity contribution in [2.45, 2.75) is 20.3 Å². The summed E-state index contributed by atoms with van der Waals surface area (Å²) < 4.78 is 19.5. The number of ether oxygens (including phenoxy) is 4. The van der Waals surface area contributed by atoms with Crippen LogP contribution in [-0.2, 0) is 28.7 Å². The van der Waals surface area contributed by atoms with E-state index in [1.807, 2.05) is 13.8 Å². The Morgan fingerprint density at radius 1 is 0.677 bits per heavy atom. The van der Waals surface area contributed by atoms with Crippen LogP contribution < -0.4 is 9.47 Å². The second kappa shape index (κ2) is 11.3. The van der Waals surface area contributed by atoms with E-state index in [2.05, 4.69) is 6.58 Å². The van der Waals surface area contributed by atoms with Crippen LogP contribution in [0.15, 0.2) is 60.7 Å². The molecule has 0 radical (unpaired) electrons. The van der Waals surface area contributed by atoms with E-state index in [1.165, 1.54) is 0 Å². The molecule has 2 rings (SSSR count). The first-order valence-electron chi connectivity index (χ1n) is 9.28. The molecule has 2 aromatic rings. The lowest BCUT2D eigenvalue weighted by atomic mass is 10.2. The fourth-order valence-electron chi connectivity index (χ4n) is 2.20. The maximum absolute atomic E-state index is 11.9. The van der Waals surface area contributed by atoms with Crippen molar-refractivity contribution in [1.29, 1.82) is 0 Å². The fraction of sp³-hybridized carbons (Fsp3) is 0.217. The van der Waals surface area contributed by atoms with E-state index in [0.717, 1.165) is 11.1 Å². The van der Waals surface area contributed by atoms with Gasteiger partial charge in [-0.05, 0) is 38.1 Å². The van der Waals surface area contributed by atoms with Gasteiger partial charge in [-0.2, -0.15) is 0 Å². The second-order valence-corrected chi connectivity index (χ2v) is 6.59. The van der Waals surface area contributed by atoms with Gasteiger partial charge in [0.25, 0.3) is 0 Å². The Hall–Kier alpha value is -3.94. The molecule has 0 atom stereocenters. The highest BCUT2D eigenvalue weighted by molar-refractivity contribution is 5.94. The molecule has 162 valence electrons. The zero-order valence-electron chi connectivity index (χ0n) is 17.2.